The first-order chi connectivity index (χ1) is 8.46. The molecule has 4 nitrogen and oxygen atoms in total. The Bertz CT molecular complexity index is 317. The van der Waals surface area contributed by atoms with E-state index < -0.39 is 0 Å². The lowest BCUT2D eigenvalue weighted by Crippen LogP contribution is -2.64. The Labute approximate surface area is 110 Å². The summed E-state index contributed by atoms with van der Waals surface area (Å²) in [6.07, 6.45) is 3.50. The Balaban J connectivity index is 1.88. The molecular weight excluding hydrogens is 228 g/mol. The third-order valence-electron chi connectivity index (χ3n) is 4.83. The summed E-state index contributed by atoms with van der Waals surface area (Å²) < 4.78 is 5.41. The van der Waals surface area contributed by atoms with E-state index >= 15 is 0 Å². The van der Waals surface area contributed by atoms with Crippen molar-refractivity contribution in [3.05, 3.63) is 0 Å². The molecule has 0 bridgehead atoms. The summed E-state index contributed by atoms with van der Waals surface area (Å²) in [5, 5.41) is 6.52. The number of nitrogens with one attached hydrogen (secondary N) is 2. The molecular formula is C14H26N2O2. The second-order valence-corrected chi connectivity index (χ2v) is 6.39. The quantitative estimate of drug-likeness (QED) is 0.798. The maximum atomic E-state index is 12.3. The lowest BCUT2D eigenvalue weighted by Gasteiger charge is -2.51. The highest BCUT2D eigenvalue weighted by Gasteiger charge is 2.49. The van der Waals surface area contributed by atoms with Gasteiger partial charge in [0, 0.05) is 18.6 Å². The predicted molar refractivity (Wildman–Crippen MR) is 71.3 cm³/mol. The number of carbonyl (C=O) groups excluding carboxylic acids is 1. The first-order valence-corrected chi connectivity index (χ1v) is 7.03. The fourth-order valence-corrected chi connectivity index (χ4v) is 3.19. The molecule has 1 aliphatic carbocycles. The summed E-state index contributed by atoms with van der Waals surface area (Å²) in [6, 6.07) is 0.224. The van der Waals surface area contributed by atoms with Crippen LogP contribution in [0.4, 0.5) is 0 Å². The molecule has 0 spiro atoms. The van der Waals surface area contributed by atoms with Crippen LogP contribution in [0.2, 0.25) is 0 Å². The van der Waals surface area contributed by atoms with Crippen LogP contribution in [-0.2, 0) is 9.53 Å². The van der Waals surface area contributed by atoms with Crippen LogP contribution in [0.15, 0.2) is 0 Å². The van der Waals surface area contributed by atoms with Crippen LogP contribution in [0.25, 0.3) is 0 Å². The first kappa shape index (κ1) is 13.8. The second kappa shape index (κ2) is 5.17. The molecule has 1 saturated carbocycles. The van der Waals surface area contributed by atoms with Gasteiger partial charge >= 0.3 is 0 Å². The van der Waals surface area contributed by atoms with E-state index in [0.717, 1.165) is 19.4 Å². The summed E-state index contributed by atoms with van der Waals surface area (Å²) in [6.45, 7) is 7.43. The number of piperidine rings is 1. The number of hydrogen-bond acceptors (Lipinski definition) is 3. The van der Waals surface area contributed by atoms with Crippen molar-refractivity contribution in [2.75, 3.05) is 13.7 Å². The summed E-state index contributed by atoms with van der Waals surface area (Å²) in [4.78, 5) is 12.3. The fourth-order valence-electron chi connectivity index (χ4n) is 3.19. The van der Waals surface area contributed by atoms with Crippen LogP contribution in [0, 0.1) is 11.3 Å². The molecule has 18 heavy (non-hydrogen) atoms. The monoisotopic (exact) mass is 254 g/mol. The van der Waals surface area contributed by atoms with Crippen LogP contribution in [0.1, 0.15) is 40.0 Å². The summed E-state index contributed by atoms with van der Waals surface area (Å²) in [7, 11) is 1.75. The second-order valence-electron chi connectivity index (χ2n) is 6.39. The average Bonchev–Trinajstić information content (AvgIpc) is 2.34. The van der Waals surface area contributed by atoms with E-state index in [-0.39, 0.29) is 29.5 Å². The molecule has 0 aromatic heterocycles. The van der Waals surface area contributed by atoms with Gasteiger partial charge in [-0.1, -0.05) is 20.8 Å². The van der Waals surface area contributed by atoms with Crippen molar-refractivity contribution in [1.82, 2.24) is 10.6 Å². The zero-order valence-electron chi connectivity index (χ0n) is 12.0. The molecule has 0 aromatic rings. The number of ether oxygens (including phenoxy) is 1. The van der Waals surface area contributed by atoms with Gasteiger partial charge in [-0.15, -0.1) is 0 Å². The molecule has 4 atom stereocenters. The van der Waals surface area contributed by atoms with E-state index in [0.29, 0.717) is 5.92 Å². The Morgan fingerprint density at radius 3 is 2.72 bits per heavy atom. The Kier molecular flexibility index (Phi) is 3.97. The highest BCUT2D eigenvalue weighted by Crippen LogP contribution is 2.42. The zero-order chi connectivity index (χ0) is 13.3. The number of rotatable bonds is 3. The van der Waals surface area contributed by atoms with Gasteiger partial charge < -0.3 is 15.4 Å². The van der Waals surface area contributed by atoms with Crippen LogP contribution < -0.4 is 10.6 Å². The lowest BCUT2D eigenvalue weighted by molar-refractivity contribution is -0.136. The van der Waals surface area contributed by atoms with E-state index in [1.165, 1.54) is 6.42 Å². The van der Waals surface area contributed by atoms with Crippen LogP contribution in [0.5, 0.6) is 0 Å². The molecule has 104 valence electrons. The van der Waals surface area contributed by atoms with Gasteiger partial charge in [0.1, 0.15) is 0 Å². The Morgan fingerprint density at radius 1 is 1.44 bits per heavy atom. The topological polar surface area (TPSA) is 50.4 Å². The van der Waals surface area contributed by atoms with E-state index in [1.807, 2.05) is 0 Å². The molecule has 1 saturated heterocycles. The van der Waals surface area contributed by atoms with Gasteiger partial charge in [0.2, 0.25) is 5.91 Å². The summed E-state index contributed by atoms with van der Waals surface area (Å²) in [5.74, 6) is 0.593. The van der Waals surface area contributed by atoms with Crippen molar-refractivity contribution < 1.29 is 9.53 Å². The lowest BCUT2D eigenvalue weighted by atomic mass is 9.64. The third kappa shape index (κ3) is 2.41. The molecule has 0 radical (unpaired) electrons. The van der Waals surface area contributed by atoms with E-state index in [1.54, 1.807) is 7.11 Å². The van der Waals surface area contributed by atoms with E-state index in [2.05, 4.69) is 31.4 Å². The van der Waals surface area contributed by atoms with E-state index in [4.69, 9.17) is 4.74 Å². The molecule has 1 heterocycles. The number of hydrogen-bond donors (Lipinski definition) is 2. The van der Waals surface area contributed by atoms with Crippen molar-refractivity contribution in [3.8, 4) is 0 Å². The van der Waals surface area contributed by atoms with Gasteiger partial charge in [-0.25, -0.2) is 0 Å². The number of amides is 1. The molecule has 0 aromatic carbocycles. The Hall–Kier alpha value is -0.610. The third-order valence-corrected chi connectivity index (χ3v) is 4.83. The zero-order valence-corrected chi connectivity index (χ0v) is 12.0. The number of carbonyl (C=O) groups is 1. The summed E-state index contributed by atoms with van der Waals surface area (Å²) in [5.41, 5.74) is 0.0440. The first-order valence-electron chi connectivity index (χ1n) is 7.03. The fraction of sp³-hybridized carbons (Fsp3) is 0.929. The molecule has 1 amide bonds. The average molecular weight is 254 g/mol. The van der Waals surface area contributed by atoms with Crippen LogP contribution in [-0.4, -0.2) is 37.7 Å². The maximum absolute atomic E-state index is 12.3. The van der Waals surface area contributed by atoms with Crippen molar-refractivity contribution in [2.45, 2.75) is 58.2 Å². The molecule has 4 heteroatoms. The van der Waals surface area contributed by atoms with Crippen molar-refractivity contribution in [2.24, 2.45) is 11.3 Å². The van der Waals surface area contributed by atoms with E-state index in [9.17, 15) is 4.79 Å². The molecule has 2 rings (SSSR count). The van der Waals surface area contributed by atoms with Gasteiger partial charge in [-0.3, -0.25) is 4.79 Å². The predicted octanol–water partition coefficient (Wildman–Crippen LogP) is 1.30. The minimum atomic E-state index is -0.0175. The minimum absolute atomic E-state index is 0.0175. The molecule has 2 N–H and O–H groups in total. The normalized spacial score (nSPS) is 38.9. The van der Waals surface area contributed by atoms with Crippen LogP contribution in [0.3, 0.4) is 0 Å². The van der Waals surface area contributed by atoms with Gasteiger partial charge in [0.15, 0.2) is 0 Å². The van der Waals surface area contributed by atoms with Gasteiger partial charge in [-0.2, -0.15) is 0 Å². The summed E-state index contributed by atoms with van der Waals surface area (Å²) >= 11 is 0. The van der Waals surface area contributed by atoms with Crippen LogP contribution >= 0.6 is 0 Å². The number of methoxy groups -OCH3 is 1. The molecule has 2 aliphatic rings. The largest absolute Gasteiger partial charge is 0.381 e. The molecule has 1 aliphatic heterocycles. The standard InChI is InChI=1S/C14H26N2O2/c1-9-6-5-7-15-12(9)13(17)16-10-8-11(18-4)14(10,2)3/h9-12,15H,5-8H2,1-4H3,(H,16,17). The minimum Gasteiger partial charge on any atom is -0.381 e. The van der Waals surface area contributed by atoms with Gasteiger partial charge in [0.05, 0.1) is 12.1 Å². The maximum Gasteiger partial charge on any atom is 0.237 e. The van der Waals surface area contributed by atoms with Crippen molar-refractivity contribution in [1.29, 1.82) is 0 Å². The Morgan fingerprint density at radius 2 is 2.17 bits per heavy atom. The molecule has 2 fully saturated rings. The van der Waals surface area contributed by atoms with Crippen molar-refractivity contribution >= 4 is 5.91 Å². The van der Waals surface area contributed by atoms with Crippen molar-refractivity contribution in [3.63, 3.8) is 0 Å². The van der Waals surface area contributed by atoms with Gasteiger partial charge in [-0.05, 0) is 31.7 Å². The molecule has 4 unspecified atom stereocenters. The highest BCUT2D eigenvalue weighted by molar-refractivity contribution is 5.82. The van der Waals surface area contributed by atoms with Gasteiger partial charge in [0.25, 0.3) is 0 Å². The SMILES string of the molecule is COC1CC(NC(=O)C2NCCCC2C)C1(C)C. The highest BCUT2D eigenvalue weighted by atomic mass is 16.5. The smallest absolute Gasteiger partial charge is 0.237 e.